The zero-order valence-corrected chi connectivity index (χ0v) is 12.8. The van der Waals surface area contributed by atoms with E-state index in [-0.39, 0.29) is 23.4 Å². The first-order chi connectivity index (χ1) is 11.7. The van der Waals surface area contributed by atoms with Crippen LogP contribution in [0.25, 0.3) is 0 Å². The Kier molecular flexibility index (Phi) is 5.48. The van der Waals surface area contributed by atoms with Crippen molar-refractivity contribution in [3.63, 3.8) is 0 Å². The fourth-order valence-electron chi connectivity index (χ4n) is 2.00. The fourth-order valence-corrected chi connectivity index (χ4v) is 2.00. The van der Waals surface area contributed by atoms with Gasteiger partial charge in [0.15, 0.2) is 0 Å². The minimum atomic E-state index is -4.82. The normalized spacial score (nSPS) is 10.8. The van der Waals surface area contributed by atoms with Crippen molar-refractivity contribution in [1.29, 1.82) is 0 Å². The first kappa shape index (κ1) is 18.1. The molecule has 0 unspecified atom stereocenters. The molecule has 6 nitrogen and oxygen atoms in total. The van der Waals surface area contributed by atoms with Gasteiger partial charge >= 0.3 is 12.4 Å². The summed E-state index contributed by atoms with van der Waals surface area (Å²) in [5.74, 6) is -0.872. The average molecular weight is 353 g/mol. The minimum Gasteiger partial charge on any atom is -0.405 e. The van der Waals surface area contributed by atoms with Crippen LogP contribution in [0.4, 0.5) is 23.7 Å². The summed E-state index contributed by atoms with van der Waals surface area (Å²) in [5.41, 5.74) is 5.83. The number of hydrogen-bond donors (Lipinski definition) is 3. The van der Waals surface area contributed by atoms with Crippen LogP contribution in [-0.2, 0) is 6.54 Å². The molecule has 0 fully saturated rings. The van der Waals surface area contributed by atoms with E-state index in [1.807, 2.05) is 0 Å². The number of ether oxygens (including phenoxy) is 1. The molecule has 4 N–H and O–H groups in total. The van der Waals surface area contributed by atoms with E-state index in [4.69, 9.17) is 5.73 Å². The third kappa shape index (κ3) is 5.72. The number of para-hydroxylation sites is 1. The SMILES string of the molecule is NC(=O)Nc1ccc(C(=O)NCc2ccccc2OC(F)(F)F)cc1. The molecule has 0 aromatic heterocycles. The summed E-state index contributed by atoms with van der Waals surface area (Å²) >= 11 is 0. The molecule has 0 heterocycles. The highest BCUT2D eigenvalue weighted by atomic mass is 19.4. The molecule has 3 amide bonds. The van der Waals surface area contributed by atoms with Crippen LogP contribution in [0.5, 0.6) is 5.75 Å². The smallest absolute Gasteiger partial charge is 0.405 e. The number of rotatable bonds is 5. The molecule has 0 atom stereocenters. The van der Waals surface area contributed by atoms with Crippen molar-refractivity contribution in [2.24, 2.45) is 5.73 Å². The van der Waals surface area contributed by atoms with Crippen molar-refractivity contribution in [3.8, 4) is 5.75 Å². The van der Waals surface area contributed by atoms with Crippen LogP contribution in [0.2, 0.25) is 0 Å². The van der Waals surface area contributed by atoms with Crippen molar-refractivity contribution in [3.05, 3.63) is 59.7 Å². The van der Waals surface area contributed by atoms with Crippen LogP contribution >= 0.6 is 0 Å². The van der Waals surface area contributed by atoms with Gasteiger partial charge in [0.2, 0.25) is 0 Å². The van der Waals surface area contributed by atoms with Gasteiger partial charge in [-0.3, -0.25) is 4.79 Å². The van der Waals surface area contributed by atoms with Gasteiger partial charge < -0.3 is 21.1 Å². The highest BCUT2D eigenvalue weighted by Gasteiger charge is 2.31. The topological polar surface area (TPSA) is 93.5 Å². The van der Waals surface area contributed by atoms with Gasteiger partial charge in [-0.15, -0.1) is 13.2 Å². The molecule has 25 heavy (non-hydrogen) atoms. The Hall–Kier alpha value is -3.23. The number of anilines is 1. The lowest BCUT2D eigenvalue weighted by Gasteiger charge is -2.13. The molecule has 0 radical (unpaired) electrons. The third-order valence-electron chi connectivity index (χ3n) is 3.05. The average Bonchev–Trinajstić information content (AvgIpc) is 2.52. The number of alkyl halides is 3. The van der Waals surface area contributed by atoms with Crippen molar-refractivity contribution in [1.82, 2.24) is 5.32 Å². The number of carbonyl (C=O) groups excluding carboxylic acids is 2. The van der Waals surface area contributed by atoms with Crippen LogP contribution < -0.4 is 21.1 Å². The number of amides is 3. The monoisotopic (exact) mass is 353 g/mol. The maximum atomic E-state index is 12.4. The molecule has 9 heteroatoms. The van der Waals surface area contributed by atoms with Gasteiger partial charge in [0.1, 0.15) is 5.75 Å². The van der Waals surface area contributed by atoms with Gasteiger partial charge in [-0.2, -0.15) is 0 Å². The van der Waals surface area contributed by atoms with Gasteiger partial charge in [0.25, 0.3) is 5.91 Å². The summed E-state index contributed by atoms with van der Waals surface area (Å²) in [6.07, 6.45) is -4.82. The van der Waals surface area contributed by atoms with E-state index in [1.54, 1.807) is 0 Å². The van der Waals surface area contributed by atoms with E-state index >= 15 is 0 Å². The molecule has 0 spiro atoms. The lowest BCUT2D eigenvalue weighted by Crippen LogP contribution is -2.24. The standard InChI is InChI=1S/C16H14F3N3O3/c17-16(18,19)25-13-4-2-1-3-11(13)9-21-14(23)10-5-7-12(8-6-10)22-15(20)24/h1-8H,9H2,(H,21,23)(H3,20,22,24). The van der Waals surface area contributed by atoms with E-state index in [0.717, 1.165) is 0 Å². The summed E-state index contributed by atoms with van der Waals surface area (Å²) < 4.78 is 41.0. The quantitative estimate of drug-likeness (QED) is 0.771. The number of hydrogen-bond acceptors (Lipinski definition) is 3. The lowest BCUT2D eigenvalue weighted by atomic mass is 10.1. The van der Waals surface area contributed by atoms with Crippen LogP contribution in [0.1, 0.15) is 15.9 Å². The molecule has 2 rings (SSSR count). The molecule has 132 valence electrons. The highest BCUT2D eigenvalue weighted by molar-refractivity contribution is 5.95. The zero-order valence-electron chi connectivity index (χ0n) is 12.8. The molecule has 0 aliphatic heterocycles. The second kappa shape index (κ2) is 7.56. The van der Waals surface area contributed by atoms with E-state index in [2.05, 4.69) is 15.4 Å². The first-order valence-corrected chi connectivity index (χ1v) is 7.03. The van der Waals surface area contributed by atoms with Gasteiger partial charge in [-0.05, 0) is 30.3 Å². The number of benzene rings is 2. The summed E-state index contributed by atoms with van der Waals surface area (Å²) in [6.45, 7) is -0.146. The number of carbonyl (C=O) groups is 2. The molecule has 0 aliphatic rings. The van der Waals surface area contributed by atoms with E-state index < -0.39 is 18.3 Å². The molecular formula is C16H14F3N3O3. The highest BCUT2D eigenvalue weighted by Crippen LogP contribution is 2.26. The Bertz CT molecular complexity index is 761. The van der Waals surface area contributed by atoms with Gasteiger partial charge in [-0.25, -0.2) is 4.79 Å². The Labute approximate surface area is 140 Å². The maximum Gasteiger partial charge on any atom is 0.573 e. The van der Waals surface area contributed by atoms with Crippen LogP contribution in [0.3, 0.4) is 0 Å². The first-order valence-electron chi connectivity index (χ1n) is 7.03. The summed E-state index contributed by atoms with van der Waals surface area (Å²) in [4.78, 5) is 22.8. The molecule has 0 saturated heterocycles. The summed E-state index contributed by atoms with van der Waals surface area (Å²) in [6, 6.07) is 10.6. The van der Waals surface area contributed by atoms with E-state index in [0.29, 0.717) is 5.69 Å². The lowest BCUT2D eigenvalue weighted by molar-refractivity contribution is -0.274. The fraction of sp³-hybridized carbons (Fsp3) is 0.125. The second-order valence-electron chi connectivity index (χ2n) is 4.90. The number of urea groups is 1. The number of nitrogens with two attached hydrogens (primary N) is 1. The maximum absolute atomic E-state index is 12.4. The van der Waals surface area contributed by atoms with Crippen molar-refractivity contribution < 1.29 is 27.5 Å². The van der Waals surface area contributed by atoms with Crippen LogP contribution in [-0.4, -0.2) is 18.3 Å². The minimum absolute atomic E-state index is 0.146. The zero-order chi connectivity index (χ0) is 18.4. The Morgan fingerprint density at radius 2 is 1.68 bits per heavy atom. The predicted molar refractivity (Wildman–Crippen MR) is 83.9 cm³/mol. The van der Waals surface area contributed by atoms with Gasteiger partial charge in [-0.1, -0.05) is 18.2 Å². The van der Waals surface area contributed by atoms with Crippen molar-refractivity contribution in [2.45, 2.75) is 12.9 Å². The molecule has 0 aliphatic carbocycles. The van der Waals surface area contributed by atoms with E-state index in [1.165, 1.54) is 48.5 Å². The van der Waals surface area contributed by atoms with Crippen LogP contribution in [0, 0.1) is 0 Å². The van der Waals surface area contributed by atoms with Gasteiger partial charge in [0, 0.05) is 23.4 Å². The summed E-state index contributed by atoms with van der Waals surface area (Å²) in [5, 5.41) is 4.85. The van der Waals surface area contributed by atoms with Gasteiger partial charge in [0.05, 0.1) is 0 Å². The molecule has 2 aromatic carbocycles. The Morgan fingerprint density at radius 1 is 1.04 bits per heavy atom. The third-order valence-corrected chi connectivity index (χ3v) is 3.05. The largest absolute Gasteiger partial charge is 0.573 e. The predicted octanol–water partition coefficient (Wildman–Crippen LogP) is 3.01. The number of nitrogens with one attached hydrogen (secondary N) is 2. The molecule has 2 aromatic rings. The Balaban J connectivity index is 2.01. The van der Waals surface area contributed by atoms with Crippen molar-refractivity contribution >= 4 is 17.6 Å². The molecule has 0 bridgehead atoms. The van der Waals surface area contributed by atoms with Crippen LogP contribution in [0.15, 0.2) is 48.5 Å². The summed E-state index contributed by atoms with van der Waals surface area (Å²) in [7, 11) is 0. The second-order valence-corrected chi connectivity index (χ2v) is 4.90. The number of halogens is 3. The van der Waals surface area contributed by atoms with E-state index in [9.17, 15) is 22.8 Å². The Morgan fingerprint density at radius 3 is 2.28 bits per heavy atom. The molecular weight excluding hydrogens is 339 g/mol. The van der Waals surface area contributed by atoms with Crippen molar-refractivity contribution in [2.75, 3.05) is 5.32 Å². The number of primary amides is 1. The molecule has 0 saturated carbocycles.